The van der Waals surface area contributed by atoms with Crippen molar-refractivity contribution in [3.05, 3.63) is 47.9 Å². The number of benzene rings is 1. The highest BCUT2D eigenvalue weighted by atomic mass is 32.2. The van der Waals surface area contributed by atoms with Crippen LogP contribution in [-0.2, 0) is 16.4 Å². The number of carbonyl (C=O) groups is 1. The van der Waals surface area contributed by atoms with Gasteiger partial charge in [0, 0.05) is 18.2 Å². The summed E-state index contributed by atoms with van der Waals surface area (Å²) in [7, 11) is -3.06. The number of aliphatic hydroxyl groups excluding tert-OH is 1. The molecule has 0 saturated carbocycles. The molecule has 164 valence electrons. The fourth-order valence-corrected chi connectivity index (χ4v) is 5.27. The van der Waals surface area contributed by atoms with E-state index in [0.29, 0.717) is 42.4 Å². The van der Waals surface area contributed by atoms with Crippen molar-refractivity contribution >= 4 is 16.1 Å². The monoisotopic (exact) mass is 437 g/mol. The number of aldehydes is 1. The van der Waals surface area contributed by atoms with Crippen LogP contribution in [0.3, 0.4) is 0 Å². The number of aliphatic hydroxyl groups is 1. The van der Waals surface area contributed by atoms with Crippen molar-refractivity contribution in [2.75, 3.05) is 31.3 Å². The zero-order chi connectivity index (χ0) is 21.6. The third kappa shape index (κ3) is 6.07. The zero-order valence-electron chi connectivity index (χ0n) is 16.9. The zero-order valence-corrected chi connectivity index (χ0v) is 17.7. The maximum absolute atomic E-state index is 11.9. The molecule has 1 aliphatic heterocycles. The third-order valence-electron chi connectivity index (χ3n) is 4.94. The van der Waals surface area contributed by atoms with Crippen LogP contribution in [0.4, 0.5) is 0 Å². The van der Waals surface area contributed by atoms with Crippen LogP contribution in [0.1, 0.15) is 29.5 Å². The Hall–Kier alpha value is -2.36. The standard InChI is InChI=1S/C21H27NO7S/c1-2-27-21-10-16(13-23)5-6-20(21)29-14-18(24)11-22(12-19-4-3-8-28-19)17-7-9-30(25,26)15-17/h3-6,8,10,13,17-18,24H,2,7,9,11-12,14-15H2,1H3. The number of sulfone groups is 1. The van der Waals surface area contributed by atoms with Crippen molar-refractivity contribution in [2.45, 2.75) is 32.0 Å². The van der Waals surface area contributed by atoms with E-state index in [-0.39, 0.29) is 30.7 Å². The molecule has 2 atom stereocenters. The van der Waals surface area contributed by atoms with Gasteiger partial charge in [-0.3, -0.25) is 9.69 Å². The van der Waals surface area contributed by atoms with Crippen LogP contribution in [0.25, 0.3) is 0 Å². The van der Waals surface area contributed by atoms with Crippen molar-refractivity contribution in [1.82, 2.24) is 4.90 Å². The second-order valence-corrected chi connectivity index (χ2v) is 9.52. The number of rotatable bonds is 11. The highest BCUT2D eigenvalue weighted by molar-refractivity contribution is 7.91. The van der Waals surface area contributed by atoms with Gasteiger partial charge in [-0.15, -0.1) is 0 Å². The molecule has 0 spiro atoms. The van der Waals surface area contributed by atoms with Gasteiger partial charge in [-0.2, -0.15) is 0 Å². The normalized spacial score (nSPS) is 19.0. The second-order valence-electron chi connectivity index (χ2n) is 7.29. The van der Waals surface area contributed by atoms with Crippen LogP contribution in [0.5, 0.6) is 11.5 Å². The maximum atomic E-state index is 11.9. The fourth-order valence-electron chi connectivity index (χ4n) is 3.50. The molecule has 1 aromatic heterocycles. The Kier molecular flexibility index (Phi) is 7.52. The first-order chi connectivity index (χ1) is 14.4. The van der Waals surface area contributed by atoms with E-state index >= 15 is 0 Å². The average Bonchev–Trinajstić information content (AvgIpc) is 3.35. The first-order valence-electron chi connectivity index (χ1n) is 9.90. The summed E-state index contributed by atoms with van der Waals surface area (Å²) in [4.78, 5) is 12.9. The Morgan fingerprint density at radius 1 is 1.30 bits per heavy atom. The number of hydrogen-bond acceptors (Lipinski definition) is 8. The Morgan fingerprint density at radius 2 is 2.13 bits per heavy atom. The van der Waals surface area contributed by atoms with Crippen LogP contribution in [0.2, 0.25) is 0 Å². The van der Waals surface area contributed by atoms with Gasteiger partial charge in [-0.25, -0.2) is 8.42 Å². The van der Waals surface area contributed by atoms with Crippen LogP contribution >= 0.6 is 0 Å². The molecule has 1 aliphatic rings. The first-order valence-corrected chi connectivity index (χ1v) is 11.7. The lowest BCUT2D eigenvalue weighted by molar-refractivity contribution is 0.0488. The van der Waals surface area contributed by atoms with Gasteiger partial charge < -0.3 is 19.0 Å². The minimum Gasteiger partial charge on any atom is -0.490 e. The molecule has 0 bridgehead atoms. The molecule has 30 heavy (non-hydrogen) atoms. The van der Waals surface area contributed by atoms with Gasteiger partial charge in [-0.05, 0) is 43.7 Å². The van der Waals surface area contributed by atoms with Crippen LogP contribution in [-0.4, -0.2) is 68.1 Å². The molecule has 2 aromatic rings. The summed E-state index contributed by atoms with van der Waals surface area (Å²) in [6, 6.07) is 8.25. The molecule has 1 aromatic carbocycles. The fraction of sp³-hybridized carbons (Fsp3) is 0.476. The van der Waals surface area contributed by atoms with Crippen molar-refractivity contribution in [2.24, 2.45) is 0 Å². The van der Waals surface area contributed by atoms with Gasteiger partial charge in [0.1, 0.15) is 24.8 Å². The Labute approximate surface area is 176 Å². The molecule has 2 heterocycles. The molecule has 1 N–H and O–H groups in total. The summed E-state index contributed by atoms with van der Waals surface area (Å²) in [6.07, 6.45) is 1.96. The first kappa shape index (κ1) is 22.3. The molecular weight excluding hydrogens is 410 g/mol. The van der Waals surface area contributed by atoms with E-state index in [9.17, 15) is 18.3 Å². The summed E-state index contributed by atoms with van der Waals surface area (Å²) in [5.41, 5.74) is 0.471. The van der Waals surface area contributed by atoms with Gasteiger partial charge >= 0.3 is 0 Å². The number of furan rings is 1. The SMILES string of the molecule is CCOc1cc(C=O)ccc1OCC(O)CN(Cc1ccco1)C1CCS(=O)(=O)C1. The van der Waals surface area contributed by atoms with Gasteiger partial charge in [0.05, 0.1) is 30.9 Å². The number of carbonyl (C=O) groups excluding carboxylic acids is 1. The van der Waals surface area contributed by atoms with Gasteiger partial charge in [0.25, 0.3) is 0 Å². The topological polar surface area (TPSA) is 106 Å². The predicted molar refractivity (Wildman–Crippen MR) is 111 cm³/mol. The van der Waals surface area contributed by atoms with Gasteiger partial charge in [-0.1, -0.05) is 0 Å². The van der Waals surface area contributed by atoms with E-state index in [4.69, 9.17) is 13.9 Å². The number of nitrogens with zero attached hydrogens (tertiary/aromatic N) is 1. The van der Waals surface area contributed by atoms with E-state index in [1.807, 2.05) is 17.9 Å². The summed E-state index contributed by atoms with van der Waals surface area (Å²) < 4.78 is 40.5. The molecule has 0 amide bonds. The third-order valence-corrected chi connectivity index (χ3v) is 6.69. The van der Waals surface area contributed by atoms with E-state index < -0.39 is 15.9 Å². The predicted octanol–water partition coefficient (Wildman–Crippen LogP) is 1.92. The molecule has 1 saturated heterocycles. The van der Waals surface area contributed by atoms with Gasteiger partial charge in [0.2, 0.25) is 0 Å². The van der Waals surface area contributed by atoms with Crippen LogP contribution in [0, 0.1) is 0 Å². The second kappa shape index (κ2) is 10.1. The van der Waals surface area contributed by atoms with Gasteiger partial charge in [0.15, 0.2) is 21.3 Å². The summed E-state index contributed by atoms with van der Waals surface area (Å²) in [6.45, 7) is 2.87. The Morgan fingerprint density at radius 3 is 2.77 bits per heavy atom. The van der Waals surface area contributed by atoms with E-state index in [1.54, 1.807) is 30.5 Å². The molecular formula is C21H27NO7S. The summed E-state index contributed by atoms with van der Waals surface area (Å²) in [5.74, 6) is 1.80. The highest BCUT2D eigenvalue weighted by Gasteiger charge is 2.33. The molecule has 1 fully saturated rings. The Bertz CT molecular complexity index is 927. The minimum atomic E-state index is -3.06. The lowest BCUT2D eigenvalue weighted by Crippen LogP contribution is -2.42. The smallest absolute Gasteiger partial charge is 0.161 e. The minimum absolute atomic E-state index is 0.00532. The van der Waals surface area contributed by atoms with Crippen LogP contribution in [0.15, 0.2) is 41.0 Å². The molecule has 2 unspecified atom stereocenters. The lowest BCUT2D eigenvalue weighted by Gasteiger charge is -2.29. The van der Waals surface area contributed by atoms with Crippen molar-refractivity contribution in [3.8, 4) is 11.5 Å². The Balaban J connectivity index is 1.64. The summed E-state index contributed by atoms with van der Waals surface area (Å²) in [5, 5.41) is 10.6. The van der Waals surface area contributed by atoms with Crippen LogP contribution < -0.4 is 9.47 Å². The van der Waals surface area contributed by atoms with Crippen molar-refractivity contribution < 1.29 is 32.2 Å². The highest BCUT2D eigenvalue weighted by Crippen LogP contribution is 2.28. The van der Waals surface area contributed by atoms with Crippen molar-refractivity contribution in [1.29, 1.82) is 0 Å². The van der Waals surface area contributed by atoms with E-state index in [0.717, 1.165) is 6.29 Å². The molecule has 0 radical (unpaired) electrons. The number of hydrogen-bond donors (Lipinski definition) is 1. The molecule has 3 rings (SSSR count). The van der Waals surface area contributed by atoms with E-state index in [2.05, 4.69) is 0 Å². The maximum Gasteiger partial charge on any atom is 0.161 e. The number of ether oxygens (including phenoxy) is 2. The quantitative estimate of drug-likeness (QED) is 0.532. The molecule has 9 heteroatoms. The average molecular weight is 438 g/mol. The molecule has 0 aliphatic carbocycles. The summed E-state index contributed by atoms with van der Waals surface area (Å²) >= 11 is 0. The largest absolute Gasteiger partial charge is 0.490 e. The van der Waals surface area contributed by atoms with E-state index in [1.165, 1.54) is 0 Å². The molecule has 8 nitrogen and oxygen atoms in total. The lowest BCUT2D eigenvalue weighted by atomic mass is 10.2. The van der Waals surface area contributed by atoms with Crippen molar-refractivity contribution in [3.63, 3.8) is 0 Å².